The molecule has 0 saturated heterocycles. The number of aryl methyl sites for hydroxylation is 1. The molecule has 0 aliphatic carbocycles. The number of aromatic nitrogens is 3. The first-order valence-corrected chi connectivity index (χ1v) is 10.1. The lowest BCUT2D eigenvalue weighted by atomic mass is 10.2. The van der Waals surface area contributed by atoms with E-state index in [9.17, 15) is 9.59 Å². The van der Waals surface area contributed by atoms with E-state index < -0.39 is 5.97 Å². The summed E-state index contributed by atoms with van der Waals surface area (Å²) in [5, 5.41) is 9.64. The van der Waals surface area contributed by atoms with Gasteiger partial charge in [0.1, 0.15) is 10.8 Å². The Morgan fingerprint density at radius 1 is 1.17 bits per heavy atom. The number of benzene rings is 2. The van der Waals surface area contributed by atoms with Crippen molar-refractivity contribution < 1.29 is 14.3 Å². The molecule has 0 saturated carbocycles. The van der Waals surface area contributed by atoms with Gasteiger partial charge in [-0.15, -0.1) is 11.3 Å². The molecule has 1 N–H and O–H groups in total. The van der Waals surface area contributed by atoms with Crippen molar-refractivity contribution in [1.82, 2.24) is 14.8 Å². The Balaban J connectivity index is 1.40. The summed E-state index contributed by atoms with van der Waals surface area (Å²) in [5.41, 5.74) is 2.07. The van der Waals surface area contributed by atoms with Crippen LogP contribution in [0.2, 0.25) is 5.02 Å². The average molecular weight is 439 g/mol. The highest BCUT2D eigenvalue weighted by atomic mass is 35.5. The van der Waals surface area contributed by atoms with E-state index in [2.05, 4.69) is 15.4 Å². The Kier molecular flexibility index (Phi) is 5.60. The number of hydrogen-bond acceptors (Lipinski definition) is 6. The Bertz CT molecular complexity index is 1220. The van der Waals surface area contributed by atoms with Gasteiger partial charge < -0.3 is 10.1 Å². The van der Waals surface area contributed by atoms with E-state index in [1.54, 1.807) is 59.7 Å². The Morgan fingerprint density at radius 3 is 2.67 bits per heavy atom. The quantitative estimate of drug-likeness (QED) is 0.361. The topological polar surface area (TPSA) is 86.1 Å². The number of nitrogens with one attached hydrogen (secondary N) is 1. The molecule has 2 aromatic carbocycles. The van der Waals surface area contributed by atoms with Crippen molar-refractivity contribution in [3.05, 3.63) is 82.6 Å². The van der Waals surface area contributed by atoms with Crippen molar-refractivity contribution in [2.24, 2.45) is 7.05 Å². The van der Waals surface area contributed by atoms with Crippen LogP contribution < -0.4 is 10.1 Å². The zero-order valence-electron chi connectivity index (χ0n) is 15.7. The summed E-state index contributed by atoms with van der Waals surface area (Å²) in [6, 6.07) is 13.8. The highest BCUT2D eigenvalue weighted by Crippen LogP contribution is 2.26. The van der Waals surface area contributed by atoms with Gasteiger partial charge in [0.15, 0.2) is 5.69 Å². The maximum Gasteiger partial charge on any atom is 0.363 e. The summed E-state index contributed by atoms with van der Waals surface area (Å²) >= 11 is 7.34. The van der Waals surface area contributed by atoms with Gasteiger partial charge in [0, 0.05) is 34.9 Å². The van der Waals surface area contributed by atoms with Gasteiger partial charge in [0.25, 0.3) is 5.91 Å². The third-order valence-corrected chi connectivity index (χ3v) is 5.20. The van der Waals surface area contributed by atoms with Gasteiger partial charge in [-0.1, -0.05) is 23.7 Å². The predicted molar refractivity (Wildman–Crippen MR) is 115 cm³/mol. The van der Waals surface area contributed by atoms with Crippen molar-refractivity contribution in [3.63, 3.8) is 0 Å². The number of halogens is 1. The molecular formula is C21H15ClN4O3S. The van der Waals surface area contributed by atoms with Crippen molar-refractivity contribution in [2.45, 2.75) is 0 Å². The molecule has 0 radical (unpaired) electrons. The first kappa shape index (κ1) is 19.8. The standard InChI is InChI=1S/C21H15ClN4O3S/c1-26-11-14(10-23-26)19(27)24-16-5-7-17(8-6-16)29-21(28)18-12-30-20(25-18)13-3-2-4-15(22)9-13/h2-12H,1H3,(H,24,27). The second-order valence-corrected chi connectivity index (χ2v) is 7.61. The van der Waals surface area contributed by atoms with Gasteiger partial charge in [-0.2, -0.15) is 5.10 Å². The molecule has 7 nitrogen and oxygen atoms in total. The Morgan fingerprint density at radius 2 is 1.97 bits per heavy atom. The number of ether oxygens (including phenoxy) is 1. The number of esters is 1. The molecular weight excluding hydrogens is 424 g/mol. The summed E-state index contributed by atoms with van der Waals surface area (Å²) in [7, 11) is 1.74. The minimum absolute atomic E-state index is 0.212. The van der Waals surface area contributed by atoms with E-state index in [-0.39, 0.29) is 11.6 Å². The Labute approximate surface area is 180 Å². The summed E-state index contributed by atoms with van der Waals surface area (Å²) in [5.74, 6) is -0.493. The minimum Gasteiger partial charge on any atom is -0.422 e. The molecule has 0 aliphatic rings. The Hall–Kier alpha value is -3.49. The van der Waals surface area contributed by atoms with E-state index in [1.807, 2.05) is 12.1 Å². The van der Waals surface area contributed by atoms with E-state index >= 15 is 0 Å². The normalized spacial score (nSPS) is 10.6. The first-order valence-electron chi connectivity index (χ1n) is 8.81. The third kappa shape index (κ3) is 4.56. The van der Waals surface area contributed by atoms with Crippen molar-refractivity contribution in [1.29, 1.82) is 0 Å². The fourth-order valence-electron chi connectivity index (χ4n) is 2.63. The van der Waals surface area contributed by atoms with Gasteiger partial charge in [-0.05, 0) is 36.4 Å². The molecule has 2 heterocycles. The van der Waals surface area contributed by atoms with Crippen LogP contribution in [0.3, 0.4) is 0 Å². The van der Waals surface area contributed by atoms with Crippen LogP contribution >= 0.6 is 22.9 Å². The number of amides is 1. The SMILES string of the molecule is Cn1cc(C(=O)Nc2ccc(OC(=O)c3csc(-c4cccc(Cl)c4)n3)cc2)cn1. The summed E-state index contributed by atoms with van der Waals surface area (Å²) in [4.78, 5) is 28.9. The van der Waals surface area contributed by atoms with E-state index in [4.69, 9.17) is 16.3 Å². The molecule has 4 rings (SSSR count). The fraction of sp³-hybridized carbons (Fsp3) is 0.0476. The van der Waals surface area contributed by atoms with Crippen LogP contribution in [-0.4, -0.2) is 26.6 Å². The lowest BCUT2D eigenvalue weighted by Gasteiger charge is -2.06. The number of carbonyl (C=O) groups is 2. The molecule has 0 atom stereocenters. The van der Waals surface area contributed by atoms with Crippen LogP contribution in [0.15, 0.2) is 66.3 Å². The maximum atomic E-state index is 12.4. The van der Waals surface area contributed by atoms with Gasteiger partial charge in [0.2, 0.25) is 0 Å². The molecule has 9 heteroatoms. The molecule has 30 heavy (non-hydrogen) atoms. The predicted octanol–water partition coefficient (Wildman–Crippen LogP) is 4.67. The number of nitrogens with zero attached hydrogens (tertiary/aromatic N) is 3. The lowest BCUT2D eigenvalue weighted by Crippen LogP contribution is -2.11. The molecule has 150 valence electrons. The van der Waals surface area contributed by atoms with Crippen LogP contribution in [0.25, 0.3) is 10.6 Å². The zero-order chi connectivity index (χ0) is 21.1. The number of carbonyl (C=O) groups excluding carboxylic acids is 2. The first-order chi connectivity index (χ1) is 14.5. The molecule has 0 unspecified atom stereocenters. The van der Waals surface area contributed by atoms with E-state index in [0.29, 0.717) is 27.0 Å². The van der Waals surface area contributed by atoms with Crippen LogP contribution in [0.5, 0.6) is 5.75 Å². The molecule has 0 bridgehead atoms. The number of thiazole rings is 1. The van der Waals surface area contributed by atoms with Crippen molar-refractivity contribution >= 4 is 40.5 Å². The fourth-order valence-corrected chi connectivity index (χ4v) is 3.61. The largest absolute Gasteiger partial charge is 0.422 e. The van der Waals surface area contributed by atoms with E-state index in [1.165, 1.54) is 17.5 Å². The van der Waals surface area contributed by atoms with Crippen LogP contribution in [0, 0.1) is 0 Å². The number of rotatable bonds is 5. The van der Waals surface area contributed by atoms with Gasteiger partial charge in [-0.3, -0.25) is 9.48 Å². The maximum absolute atomic E-state index is 12.4. The summed E-state index contributed by atoms with van der Waals surface area (Å²) in [6.45, 7) is 0. The number of anilines is 1. The summed E-state index contributed by atoms with van der Waals surface area (Å²) in [6.07, 6.45) is 3.11. The van der Waals surface area contributed by atoms with Crippen LogP contribution in [-0.2, 0) is 7.05 Å². The van der Waals surface area contributed by atoms with Gasteiger partial charge in [-0.25, -0.2) is 9.78 Å². The monoisotopic (exact) mass is 438 g/mol. The molecule has 0 fully saturated rings. The average Bonchev–Trinajstić information content (AvgIpc) is 3.39. The van der Waals surface area contributed by atoms with Crippen molar-refractivity contribution in [3.8, 4) is 16.3 Å². The molecule has 0 aliphatic heterocycles. The minimum atomic E-state index is -0.563. The second kappa shape index (κ2) is 8.48. The van der Waals surface area contributed by atoms with Crippen LogP contribution in [0.4, 0.5) is 5.69 Å². The molecule has 0 spiro atoms. The smallest absolute Gasteiger partial charge is 0.363 e. The van der Waals surface area contributed by atoms with E-state index in [0.717, 1.165) is 5.56 Å². The lowest BCUT2D eigenvalue weighted by molar-refractivity contribution is 0.0729. The highest BCUT2D eigenvalue weighted by molar-refractivity contribution is 7.13. The molecule has 1 amide bonds. The number of hydrogen-bond donors (Lipinski definition) is 1. The summed E-state index contributed by atoms with van der Waals surface area (Å²) < 4.78 is 6.92. The van der Waals surface area contributed by atoms with Crippen molar-refractivity contribution in [2.75, 3.05) is 5.32 Å². The van der Waals surface area contributed by atoms with Crippen LogP contribution in [0.1, 0.15) is 20.8 Å². The van der Waals surface area contributed by atoms with Gasteiger partial charge in [0.05, 0.1) is 11.8 Å². The highest BCUT2D eigenvalue weighted by Gasteiger charge is 2.15. The molecule has 4 aromatic rings. The van der Waals surface area contributed by atoms with Gasteiger partial charge >= 0.3 is 5.97 Å². The zero-order valence-corrected chi connectivity index (χ0v) is 17.3. The second-order valence-electron chi connectivity index (χ2n) is 6.32. The third-order valence-electron chi connectivity index (χ3n) is 4.07. The molecule has 2 aromatic heterocycles.